The minimum Gasteiger partial charge on any atom is -0.293 e. The predicted molar refractivity (Wildman–Crippen MR) is 74.9 cm³/mol. The van der Waals surface area contributed by atoms with Crippen molar-refractivity contribution in [3.05, 3.63) is 71.8 Å². The van der Waals surface area contributed by atoms with Gasteiger partial charge in [-0.2, -0.15) is 0 Å². The van der Waals surface area contributed by atoms with Crippen LogP contribution in [0.15, 0.2) is 60.7 Å². The Labute approximate surface area is 108 Å². The summed E-state index contributed by atoms with van der Waals surface area (Å²) in [6, 6.07) is 19.5. The molecule has 0 radical (unpaired) electrons. The van der Waals surface area contributed by atoms with Crippen molar-refractivity contribution < 1.29 is 4.79 Å². The summed E-state index contributed by atoms with van der Waals surface area (Å²) >= 11 is 0. The van der Waals surface area contributed by atoms with Crippen LogP contribution in [-0.2, 0) is 5.41 Å². The predicted octanol–water partition coefficient (Wildman–Crippen LogP) is 4.24. The Morgan fingerprint density at radius 1 is 0.944 bits per heavy atom. The number of hydrogen-bond donors (Lipinski definition) is 0. The van der Waals surface area contributed by atoms with Crippen molar-refractivity contribution in [2.45, 2.75) is 25.7 Å². The zero-order valence-electron chi connectivity index (χ0n) is 10.9. The maximum Gasteiger partial charge on any atom is 0.173 e. The van der Waals surface area contributed by atoms with Crippen molar-refractivity contribution in [3.63, 3.8) is 0 Å². The van der Waals surface area contributed by atoms with Crippen LogP contribution in [0.1, 0.15) is 36.2 Å². The summed E-state index contributed by atoms with van der Waals surface area (Å²) in [5.41, 5.74) is 1.43. The molecule has 1 heteroatoms. The van der Waals surface area contributed by atoms with E-state index in [0.717, 1.165) is 17.5 Å². The van der Waals surface area contributed by atoms with Gasteiger partial charge in [0, 0.05) is 5.56 Å². The highest BCUT2D eigenvalue weighted by Gasteiger charge is 2.33. The fourth-order valence-electron chi connectivity index (χ4n) is 2.21. The lowest BCUT2D eigenvalue weighted by Crippen LogP contribution is -2.31. The lowest BCUT2D eigenvalue weighted by atomic mass is 9.74. The topological polar surface area (TPSA) is 17.1 Å². The van der Waals surface area contributed by atoms with Gasteiger partial charge in [-0.3, -0.25) is 4.79 Å². The van der Waals surface area contributed by atoms with Gasteiger partial charge < -0.3 is 0 Å². The third-order valence-corrected chi connectivity index (χ3v) is 3.66. The van der Waals surface area contributed by atoms with Gasteiger partial charge in [-0.15, -0.1) is 0 Å². The number of carbonyl (C=O) groups is 1. The average molecular weight is 238 g/mol. The first-order chi connectivity index (χ1) is 8.68. The maximum atomic E-state index is 12.7. The van der Waals surface area contributed by atoms with Gasteiger partial charge in [0.1, 0.15) is 0 Å². The third kappa shape index (κ3) is 2.21. The first kappa shape index (κ1) is 12.6. The van der Waals surface area contributed by atoms with Gasteiger partial charge in [0.25, 0.3) is 0 Å². The van der Waals surface area contributed by atoms with Gasteiger partial charge in [0.15, 0.2) is 5.78 Å². The summed E-state index contributed by atoms with van der Waals surface area (Å²) in [5.74, 6) is 0.191. The fraction of sp³-hybridized carbons (Fsp3) is 0.235. The van der Waals surface area contributed by atoms with E-state index in [9.17, 15) is 4.79 Å². The molecule has 0 fully saturated rings. The monoisotopic (exact) mass is 238 g/mol. The molecule has 1 nitrogen and oxygen atoms in total. The first-order valence-corrected chi connectivity index (χ1v) is 6.34. The van der Waals surface area contributed by atoms with Crippen molar-refractivity contribution in [2.75, 3.05) is 0 Å². The third-order valence-electron chi connectivity index (χ3n) is 3.66. The van der Waals surface area contributed by atoms with E-state index in [2.05, 4.69) is 6.92 Å². The Balaban J connectivity index is 2.43. The minimum atomic E-state index is -0.442. The van der Waals surface area contributed by atoms with Crippen molar-refractivity contribution in [1.82, 2.24) is 0 Å². The lowest BCUT2D eigenvalue weighted by Gasteiger charge is -2.27. The van der Waals surface area contributed by atoms with Gasteiger partial charge in [-0.05, 0) is 18.9 Å². The SMILES string of the molecule is CC[C@](C)(C(=O)c1ccccc1)c1ccccc1. The molecule has 1 atom stereocenters. The molecule has 0 unspecified atom stereocenters. The van der Waals surface area contributed by atoms with Gasteiger partial charge in [0.05, 0.1) is 5.41 Å². The van der Waals surface area contributed by atoms with E-state index in [1.54, 1.807) is 0 Å². The second-order valence-corrected chi connectivity index (χ2v) is 4.75. The molecule has 2 aromatic rings. The van der Waals surface area contributed by atoms with Crippen LogP contribution in [0.4, 0.5) is 0 Å². The quantitative estimate of drug-likeness (QED) is 0.728. The summed E-state index contributed by atoms with van der Waals surface area (Å²) in [7, 11) is 0. The van der Waals surface area contributed by atoms with Gasteiger partial charge in [-0.25, -0.2) is 0 Å². The van der Waals surface area contributed by atoms with Crippen LogP contribution in [0.2, 0.25) is 0 Å². The summed E-state index contributed by atoms with van der Waals surface area (Å²) in [4.78, 5) is 12.7. The van der Waals surface area contributed by atoms with Gasteiger partial charge in [-0.1, -0.05) is 67.6 Å². The fourth-order valence-corrected chi connectivity index (χ4v) is 2.21. The largest absolute Gasteiger partial charge is 0.293 e. The average Bonchev–Trinajstić information content (AvgIpc) is 2.47. The standard InChI is InChI=1S/C17H18O/c1-3-17(2,15-12-8-5-9-13-15)16(18)14-10-6-4-7-11-14/h4-13H,3H2,1-2H3/t17-/m0/s1. The summed E-state index contributed by atoms with van der Waals surface area (Å²) in [6.45, 7) is 4.09. The molecule has 2 rings (SSSR count). The highest BCUT2D eigenvalue weighted by atomic mass is 16.1. The Morgan fingerprint density at radius 2 is 1.44 bits per heavy atom. The first-order valence-electron chi connectivity index (χ1n) is 6.34. The summed E-state index contributed by atoms with van der Waals surface area (Å²) in [6.07, 6.45) is 0.796. The molecule has 0 saturated carbocycles. The molecule has 0 saturated heterocycles. The van der Waals surface area contributed by atoms with Crippen LogP contribution >= 0.6 is 0 Å². The molecular formula is C17H18O. The van der Waals surface area contributed by atoms with Crippen LogP contribution in [0, 0.1) is 0 Å². The second kappa shape index (κ2) is 5.18. The molecule has 0 N–H and O–H groups in total. The summed E-state index contributed by atoms with van der Waals surface area (Å²) in [5, 5.41) is 0. The molecule has 0 aliphatic carbocycles. The zero-order chi connectivity index (χ0) is 13.0. The highest BCUT2D eigenvalue weighted by molar-refractivity contribution is 6.03. The molecule has 92 valence electrons. The van der Waals surface area contributed by atoms with Crippen LogP contribution in [0.3, 0.4) is 0 Å². The van der Waals surface area contributed by atoms with E-state index in [0.29, 0.717) is 0 Å². The minimum absolute atomic E-state index is 0.191. The number of carbonyl (C=O) groups excluding carboxylic acids is 1. The molecule has 0 amide bonds. The molecule has 0 bridgehead atoms. The van der Waals surface area contributed by atoms with E-state index in [4.69, 9.17) is 0 Å². The van der Waals surface area contributed by atoms with Crippen molar-refractivity contribution in [2.24, 2.45) is 0 Å². The molecular weight excluding hydrogens is 220 g/mol. The second-order valence-electron chi connectivity index (χ2n) is 4.75. The summed E-state index contributed by atoms with van der Waals surface area (Å²) < 4.78 is 0. The van der Waals surface area contributed by atoms with E-state index in [1.807, 2.05) is 67.6 Å². The maximum absolute atomic E-state index is 12.7. The molecule has 0 aromatic heterocycles. The molecule has 0 aliphatic rings. The van der Waals surface area contributed by atoms with E-state index in [-0.39, 0.29) is 5.78 Å². The van der Waals surface area contributed by atoms with Crippen LogP contribution in [0.5, 0.6) is 0 Å². The number of ketones is 1. The number of Topliss-reactive ketones (excluding diaryl/α,β-unsaturated/α-hetero) is 1. The highest BCUT2D eigenvalue weighted by Crippen LogP contribution is 2.31. The Hall–Kier alpha value is -1.89. The Morgan fingerprint density at radius 3 is 1.94 bits per heavy atom. The van der Waals surface area contributed by atoms with Crippen LogP contribution in [0.25, 0.3) is 0 Å². The van der Waals surface area contributed by atoms with E-state index < -0.39 is 5.41 Å². The van der Waals surface area contributed by atoms with E-state index in [1.165, 1.54) is 0 Å². The van der Waals surface area contributed by atoms with Crippen molar-refractivity contribution in [3.8, 4) is 0 Å². The Bertz CT molecular complexity index is 516. The zero-order valence-corrected chi connectivity index (χ0v) is 10.9. The Kier molecular flexibility index (Phi) is 3.61. The van der Waals surface area contributed by atoms with Crippen LogP contribution < -0.4 is 0 Å². The van der Waals surface area contributed by atoms with E-state index >= 15 is 0 Å². The molecule has 2 aromatic carbocycles. The molecule has 18 heavy (non-hydrogen) atoms. The van der Waals surface area contributed by atoms with Gasteiger partial charge in [0.2, 0.25) is 0 Å². The molecule has 0 aliphatic heterocycles. The smallest absolute Gasteiger partial charge is 0.173 e. The number of hydrogen-bond acceptors (Lipinski definition) is 1. The number of benzene rings is 2. The van der Waals surface area contributed by atoms with Crippen LogP contribution in [-0.4, -0.2) is 5.78 Å². The van der Waals surface area contributed by atoms with Crippen molar-refractivity contribution >= 4 is 5.78 Å². The normalized spacial score (nSPS) is 13.9. The van der Waals surface area contributed by atoms with Gasteiger partial charge >= 0.3 is 0 Å². The number of rotatable bonds is 4. The molecule has 0 heterocycles. The van der Waals surface area contributed by atoms with Crippen molar-refractivity contribution in [1.29, 1.82) is 0 Å². The lowest BCUT2D eigenvalue weighted by molar-refractivity contribution is 0.0892. The molecule has 0 spiro atoms.